The van der Waals surface area contributed by atoms with E-state index in [1.54, 1.807) is 0 Å². The fraction of sp³-hybridized carbons (Fsp3) is 0.562. The molecule has 1 aliphatic rings. The van der Waals surface area contributed by atoms with Gasteiger partial charge in [0.25, 0.3) is 0 Å². The van der Waals surface area contributed by atoms with Crippen LogP contribution >= 0.6 is 0 Å². The maximum absolute atomic E-state index is 12.0. The molecule has 0 saturated carbocycles. The Bertz CT molecular complexity index is 427. The highest BCUT2D eigenvalue weighted by Crippen LogP contribution is 2.23. The molecule has 2 unspecified atom stereocenters. The van der Waals surface area contributed by atoms with Crippen molar-refractivity contribution in [2.45, 2.75) is 32.7 Å². The van der Waals surface area contributed by atoms with Gasteiger partial charge in [0.05, 0.1) is 0 Å². The van der Waals surface area contributed by atoms with Gasteiger partial charge in [0.2, 0.25) is 5.91 Å². The Kier molecular flexibility index (Phi) is 4.59. The van der Waals surface area contributed by atoms with Gasteiger partial charge >= 0.3 is 0 Å². The predicted octanol–water partition coefficient (Wildman–Crippen LogP) is 2.51. The van der Waals surface area contributed by atoms with E-state index in [9.17, 15) is 4.79 Å². The Morgan fingerprint density at radius 3 is 2.58 bits per heavy atom. The molecule has 0 aromatic heterocycles. The quantitative estimate of drug-likeness (QED) is 0.882. The van der Waals surface area contributed by atoms with Gasteiger partial charge in [0.1, 0.15) is 0 Å². The van der Waals surface area contributed by atoms with Gasteiger partial charge in [-0.25, -0.2) is 0 Å². The van der Waals surface area contributed by atoms with E-state index in [1.807, 2.05) is 11.9 Å². The minimum atomic E-state index is 0.222. The first-order valence-electron chi connectivity index (χ1n) is 7.15. The van der Waals surface area contributed by atoms with Crippen LogP contribution in [0.25, 0.3) is 0 Å². The second kappa shape index (κ2) is 6.20. The van der Waals surface area contributed by atoms with Crippen LogP contribution in [0.15, 0.2) is 24.3 Å². The Morgan fingerprint density at radius 1 is 1.37 bits per heavy atom. The van der Waals surface area contributed by atoms with E-state index >= 15 is 0 Å². The molecule has 1 aromatic rings. The molecule has 1 heterocycles. The molecule has 0 spiro atoms. The van der Waals surface area contributed by atoms with Gasteiger partial charge in [0.15, 0.2) is 0 Å². The molecule has 1 fully saturated rings. The highest BCUT2D eigenvalue weighted by Gasteiger charge is 2.29. The topological polar surface area (TPSA) is 32.3 Å². The molecular formula is C16H24N2O. The van der Waals surface area contributed by atoms with Crippen LogP contribution < -0.4 is 5.32 Å². The summed E-state index contributed by atoms with van der Waals surface area (Å²) in [6.45, 7) is 5.94. The van der Waals surface area contributed by atoms with Crippen molar-refractivity contribution in [3.8, 4) is 0 Å². The second-order valence-electron chi connectivity index (χ2n) is 5.53. The van der Waals surface area contributed by atoms with Crippen LogP contribution in [-0.2, 0) is 4.79 Å². The number of likely N-dealkylation sites (N-methyl/N-ethyl adjacent to an activating group) is 1. The summed E-state index contributed by atoms with van der Waals surface area (Å²) in [7, 11) is 1.96. The fourth-order valence-corrected chi connectivity index (χ4v) is 2.69. The predicted molar refractivity (Wildman–Crippen MR) is 78.0 cm³/mol. The van der Waals surface area contributed by atoms with Crippen LogP contribution in [0.5, 0.6) is 0 Å². The SMILES string of the molecule is CCC1CC(=O)N(CC(NC)c2ccc(C)cc2)C1. The largest absolute Gasteiger partial charge is 0.340 e. The summed E-state index contributed by atoms with van der Waals surface area (Å²) in [5.41, 5.74) is 2.52. The van der Waals surface area contributed by atoms with Crippen molar-refractivity contribution in [2.75, 3.05) is 20.1 Å². The first kappa shape index (κ1) is 14.1. The van der Waals surface area contributed by atoms with Crippen molar-refractivity contribution in [3.63, 3.8) is 0 Å². The lowest BCUT2D eigenvalue weighted by molar-refractivity contribution is -0.128. The van der Waals surface area contributed by atoms with E-state index in [1.165, 1.54) is 11.1 Å². The summed E-state index contributed by atoms with van der Waals surface area (Å²) in [5.74, 6) is 0.849. The Balaban J connectivity index is 2.03. The number of amides is 1. The molecule has 1 saturated heterocycles. The van der Waals surface area contributed by atoms with Crippen molar-refractivity contribution in [2.24, 2.45) is 5.92 Å². The van der Waals surface area contributed by atoms with Crippen LogP contribution in [0.4, 0.5) is 0 Å². The number of carbonyl (C=O) groups excluding carboxylic acids is 1. The van der Waals surface area contributed by atoms with Crippen LogP contribution in [-0.4, -0.2) is 30.9 Å². The zero-order chi connectivity index (χ0) is 13.8. The van der Waals surface area contributed by atoms with Gasteiger partial charge in [-0.15, -0.1) is 0 Å². The number of carbonyl (C=O) groups is 1. The molecule has 1 aromatic carbocycles. The fourth-order valence-electron chi connectivity index (χ4n) is 2.69. The summed E-state index contributed by atoms with van der Waals surface area (Å²) in [4.78, 5) is 14.0. The summed E-state index contributed by atoms with van der Waals surface area (Å²) in [5, 5.41) is 3.32. The monoisotopic (exact) mass is 260 g/mol. The van der Waals surface area contributed by atoms with E-state index in [0.717, 1.165) is 25.9 Å². The van der Waals surface area contributed by atoms with Crippen molar-refractivity contribution < 1.29 is 4.79 Å². The normalized spacial score (nSPS) is 20.9. The third kappa shape index (κ3) is 3.35. The molecule has 0 aliphatic carbocycles. The molecule has 1 N–H and O–H groups in total. The lowest BCUT2D eigenvalue weighted by Gasteiger charge is -2.24. The third-order valence-electron chi connectivity index (χ3n) is 4.10. The molecule has 2 atom stereocenters. The maximum Gasteiger partial charge on any atom is 0.222 e. The minimum Gasteiger partial charge on any atom is -0.340 e. The molecule has 3 nitrogen and oxygen atoms in total. The van der Waals surface area contributed by atoms with E-state index in [-0.39, 0.29) is 6.04 Å². The first-order chi connectivity index (χ1) is 9.13. The molecule has 19 heavy (non-hydrogen) atoms. The highest BCUT2D eigenvalue weighted by molar-refractivity contribution is 5.78. The lowest BCUT2D eigenvalue weighted by atomic mass is 10.0. The zero-order valence-corrected chi connectivity index (χ0v) is 12.1. The Morgan fingerprint density at radius 2 is 2.05 bits per heavy atom. The van der Waals surface area contributed by atoms with Crippen molar-refractivity contribution in [1.29, 1.82) is 0 Å². The number of nitrogens with zero attached hydrogens (tertiary/aromatic N) is 1. The van der Waals surface area contributed by atoms with Gasteiger partial charge in [0, 0.05) is 25.6 Å². The number of benzene rings is 1. The average molecular weight is 260 g/mol. The number of hydrogen-bond acceptors (Lipinski definition) is 2. The maximum atomic E-state index is 12.0. The molecule has 1 amide bonds. The molecule has 0 bridgehead atoms. The molecular weight excluding hydrogens is 236 g/mol. The number of rotatable bonds is 5. The zero-order valence-electron chi connectivity index (χ0n) is 12.1. The standard InChI is InChI=1S/C16H24N2O/c1-4-13-9-16(19)18(10-13)11-15(17-3)14-7-5-12(2)6-8-14/h5-8,13,15,17H,4,9-11H2,1-3H3. The highest BCUT2D eigenvalue weighted by atomic mass is 16.2. The van der Waals surface area contributed by atoms with Crippen LogP contribution in [0.2, 0.25) is 0 Å². The van der Waals surface area contributed by atoms with Crippen LogP contribution in [0, 0.1) is 12.8 Å². The van der Waals surface area contributed by atoms with Gasteiger partial charge in [-0.3, -0.25) is 4.79 Å². The summed E-state index contributed by atoms with van der Waals surface area (Å²) in [6, 6.07) is 8.77. The van der Waals surface area contributed by atoms with Crippen molar-refractivity contribution >= 4 is 5.91 Å². The van der Waals surface area contributed by atoms with E-state index in [2.05, 4.69) is 43.4 Å². The first-order valence-corrected chi connectivity index (χ1v) is 7.15. The number of aryl methyl sites for hydroxylation is 1. The molecule has 104 valence electrons. The molecule has 1 aliphatic heterocycles. The van der Waals surface area contributed by atoms with Gasteiger partial charge in [-0.05, 0) is 25.5 Å². The molecule has 3 heteroatoms. The Labute approximate surface area is 116 Å². The Hall–Kier alpha value is -1.35. The number of likely N-dealkylation sites (tertiary alicyclic amines) is 1. The van der Waals surface area contributed by atoms with E-state index < -0.39 is 0 Å². The second-order valence-corrected chi connectivity index (χ2v) is 5.53. The van der Waals surface area contributed by atoms with Crippen molar-refractivity contribution in [1.82, 2.24) is 10.2 Å². The minimum absolute atomic E-state index is 0.222. The smallest absolute Gasteiger partial charge is 0.222 e. The third-order valence-corrected chi connectivity index (χ3v) is 4.10. The molecule has 2 rings (SSSR count). The summed E-state index contributed by atoms with van der Waals surface area (Å²) < 4.78 is 0. The van der Waals surface area contributed by atoms with Gasteiger partial charge in [-0.1, -0.05) is 43.2 Å². The van der Waals surface area contributed by atoms with E-state index in [0.29, 0.717) is 11.8 Å². The number of nitrogens with one attached hydrogen (secondary N) is 1. The summed E-state index contributed by atoms with van der Waals surface area (Å²) >= 11 is 0. The molecule has 0 radical (unpaired) electrons. The number of hydrogen-bond donors (Lipinski definition) is 1. The van der Waals surface area contributed by atoms with Gasteiger partial charge in [-0.2, -0.15) is 0 Å². The lowest BCUT2D eigenvalue weighted by Crippen LogP contribution is -2.34. The summed E-state index contributed by atoms with van der Waals surface area (Å²) in [6.07, 6.45) is 1.82. The van der Waals surface area contributed by atoms with Crippen LogP contribution in [0.1, 0.15) is 36.9 Å². The van der Waals surface area contributed by atoms with Gasteiger partial charge < -0.3 is 10.2 Å². The van der Waals surface area contributed by atoms with Crippen LogP contribution in [0.3, 0.4) is 0 Å². The van der Waals surface area contributed by atoms with E-state index in [4.69, 9.17) is 0 Å². The van der Waals surface area contributed by atoms with Crippen molar-refractivity contribution in [3.05, 3.63) is 35.4 Å². The average Bonchev–Trinajstić information content (AvgIpc) is 2.78.